The summed E-state index contributed by atoms with van der Waals surface area (Å²) in [5, 5.41) is 11.0. The van der Waals surface area contributed by atoms with E-state index >= 15 is 0 Å². The Morgan fingerprint density at radius 2 is 1.68 bits per heavy atom. The van der Waals surface area contributed by atoms with E-state index < -0.39 is 8.15 Å². The monoisotopic (exact) mass is 580 g/mol. The van der Waals surface area contributed by atoms with Crippen LogP contribution < -0.4 is 0 Å². The quantitative estimate of drug-likeness (QED) is 0.229. The van der Waals surface area contributed by atoms with Crippen molar-refractivity contribution in [1.82, 2.24) is 0 Å². The van der Waals surface area contributed by atoms with Crippen LogP contribution in [0.5, 0.6) is 5.75 Å². The van der Waals surface area contributed by atoms with Crippen LogP contribution in [0, 0.1) is 19.8 Å². The van der Waals surface area contributed by atoms with Crippen molar-refractivity contribution in [3.63, 3.8) is 0 Å². The van der Waals surface area contributed by atoms with E-state index in [1.807, 2.05) is 18.2 Å². The summed E-state index contributed by atoms with van der Waals surface area (Å²) in [7, 11) is -0.513. The lowest BCUT2D eigenvalue weighted by Gasteiger charge is -2.20. The Morgan fingerprint density at radius 1 is 1.02 bits per heavy atom. The molecule has 2 unspecified atom stereocenters. The number of hydrogen-bond acceptors (Lipinski definition) is 3. The molecule has 3 aromatic carbocycles. The topological polar surface area (TPSA) is 46.5 Å². The molecule has 5 heteroatoms. The number of carbonyl (C=O) groups is 1. The van der Waals surface area contributed by atoms with Crippen molar-refractivity contribution in [2.75, 3.05) is 13.3 Å². The molecule has 1 saturated carbocycles. The highest BCUT2D eigenvalue weighted by molar-refractivity contribution is 7.50. The maximum absolute atomic E-state index is 10.2. The molecule has 3 nitrogen and oxygen atoms in total. The van der Waals surface area contributed by atoms with Crippen molar-refractivity contribution in [3.05, 3.63) is 98.6 Å². The van der Waals surface area contributed by atoms with Gasteiger partial charge in [-0.05, 0) is 135 Å². The molecule has 0 spiro atoms. The van der Waals surface area contributed by atoms with Gasteiger partial charge in [-0.1, -0.05) is 61.8 Å². The molecule has 1 N–H and O–H groups in total. The molecule has 2 atom stereocenters. The van der Waals surface area contributed by atoms with Crippen molar-refractivity contribution < 1.29 is 14.4 Å². The van der Waals surface area contributed by atoms with E-state index in [4.69, 9.17) is 16.1 Å². The third-order valence-electron chi connectivity index (χ3n) is 7.46. The molecule has 0 aliphatic heterocycles. The fraction of sp³-hybridized carbons (Fsp3) is 0.457. The summed E-state index contributed by atoms with van der Waals surface area (Å²) >= 11 is 6.26. The first-order valence-electron chi connectivity index (χ1n) is 14.4. The van der Waals surface area contributed by atoms with Crippen molar-refractivity contribution in [2.45, 2.75) is 85.2 Å². The van der Waals surface area contributed by atoms with Gasteiger partial charge < -0.3 is 14.4 Å². The number of aromatic hydroxyl groups is 1. The number of rotatable bonds is 11. The van der Waals surface area contributed by atoms with Crippen LogP contribution in [0.4, 0.5) is 0 Å². The van der Waals surface area contributed by atoms with Crippen LogP contribution in [0.2, 0.25) is 5.02 Å². The number of carbonyl (C=O) groups excluding carboxylic acids is 1. The fourth-order valence-corrected chi connectivity index (χ4v) is 6.79. The van der Waals surface area contributed by atoms with Gasteiger partial charge >= 0.3 is 0 Å². The van der Waals surface area contributed by atoms with Crippen LogP contribution in [0.3, 0.4) is 0 Å². The first kappa shape index (κ1) is 32.3. The van der Waals surface area contributed by atoms with Crippen molar-refractivity contribution in [1.29, 1.82) is 0 Å². The SMILES string of the molecule is CC(C)=O.Cc1cc(CP(C)OCCC(c2cccc(Cl)c2)C2CC2)cc(C)c1Cc1ccc(O)c(C(C)C)c1. The predicted octanol–water partition coefficient (Wildman–Crippen LogP) is 10.1. The molecule has 0 bridgehead atoms. The highest BCUT2D eigenvalue weighted by atomic mass is 35.5. The van der Waals surface area contributed by atoms with Gasteiger partial charge in [0.15, 0.2) is 0 Å². The highest BCUT2D eigenvalue weighted by Crippen LogP contribution is 2.46. The van der Waals surface area contributed by atoms with Gasteiger partial charge in [0.25, 0.3) is 0 Å². The Kier molecular flexibility index (Phi) is 12.2. The molecule has 0 amide bonds. The largest absolute Gasteiger partial charge is 0.508 e. The van der Waals surface area contributed by atoms with Gasteiger partial charge in [-0.15, -0.1) is 0 Å². The fourth-order valence-electron chi connectivity index (χ4n) is 5.38. The average molecular weight is 581 g/mol. The first-order valence-corrected chi connectivity index (χ1v) is 16.7. The number of Topliss-reactive ketones (excluding diaryl/α,β-unsaturated/α-hetero) is 1. The molecule has 1 aliphatic rings. The minimum atomic E-state index is -0.513. The van der Waals surface area contributed by atoms with E-state index in [2.05, 4.69) is 70.8 Å². The standard InChI is InChI=1S/C32H40ClO2P.C3H6O/c1-21(2)30-17-24(9-12-32(30)34)18-31-22(3)15-25(16-23(31)4)20-36(5)35-14-13-29(26-10-11-26)27-7-6-8-28(33)19-27;1-3(2)4/h6-9,12,15-17,19,21,26,29,34H,10-11,13-14,18,20H2,1-5H3;1-2H3. The summed E-state index contributed by atoms with van der Waals surface area (Å²) in [6.07, 6.45) is 5.60. The highest BCUT2D eigenvalue weighted by Gasteiger charge is 2.32. The van der Waals surface area contributed by atoms with Crippen LogP contribution in [-0.4, -0.2) is 24.2 Å². The van der Waals surface area contributed by atoms with Crippen molar-refractivity contribution >= 4 is 25.5 Å². The maximum Gasteiger partial charge on any atom is 0.126 e. The van der Waals surface area contributed by atoms with Crippen LogP contribution in [0.15, 0.2) is 54.6 Å². The predicted molar refractivity (Wildman–Crippen MR) is 171 cm³/mol. The van der Waals surface area contributed by atoms with Crippen LogP contribution >= 0.6 is 19.7 Å². The van der Waals surface area contributed by atoms with Crippen LogP contribution in [0.1, 0.15) is 97.7 Å². The molecule has 40 heavy (non-hydrogen) atoms. The van der Waals surface area contributed by atoms with E-state index in [9.17, 15) is 9.90 Å². The molecular weight excluding hydrogens is 535 g/mol. The first-order chi connectivity index (χ1) is 18.9. The lowest BCUT2D eigenvalue weighted by Crippen LogP contribution is -2.05. The van der Waals surface area contributed by atoms with Crippen molar-refractivity contribution in [3.8, 4) is 5.75 Å². The van der Waals surface area contributed by atoms with E-state index in [1.165, 1.54) is 60.1 Å². The second kappa shape index (κ2) is 15.2. The molecular formula is C35H46ClO3P. The molecule has 4 rings (SSSR count). The molecule has 1 fully saturated rings. The Bertz CT molecular complexity index is 1250. The zero-order valence-electron chi connectivity index (χ0n) is 25.3. The molecule has 0 saturated heterocycles. The Labute approximate surface area is 248 Å². The Hall–Kier alpha value is -2.19. The minimum absolute atomic E-state index is 0.167. The van der Waals surface area contributed by atoms with E-state index in [-0.39, 0.29) is 5.78 Å². The van der Waals surface area contributed by atoms with Gasteiger partial charge in [0.05, 0.1) is 6.61 Å². The lowest BCUT2D eigenvalue weighted by atomic mass is 9.91. The second-order valence-corrected chi connectivity index (χ2v) is 14.0. The minimum Gasteiger partial charge on any atom is -0.508 e. The number of halogens is 1. The van der Waals surface area contributed by atoms with Gasteiger partial charge in [-0.25, -0.2) is 0 Å². The number of hydrogen-bond donors (Lipinski definition) is 1. The second-order valence-electron chi connectivity index (χ2n) is 11.7. The molecule has 0 radical (unpaired) electrons. The van der Waals surface area contributed by atoms with Gasteiger partial charge in [0, 0.05) is 19.3 Å². The summed E-state index contributed by atoms with van der Waals surface area (Å²) < 4.78 is 6.37. The lowest BCUT2D eigenvalue weighted by molar-refractivity contribution is -0.115. The van der Waals surface area contributed by atoms with Gasteiger partial charge in [0.1, 0.15) is 11.5 Å². The van der Waals surface area contributed by atoms with Crippen molar-refractivity contribution in [2.24, 2.45) is 5.92 Å². The number of aryl methyl sites for hydroxylation is 2. The zero-order valence-corrected chi connectivity index (χ0v) is 26.9. The molecule has 0 heterocycles. The molecule has 3 aromatic rings. The Balaban J connectivity index is 0.00000103. The van der Waals surface area contributed by atoms with Crippen LogP contribution in [-0.2, 0) is 21.9 Å². The maximum atomic E-state index is 10.2. The summed E-state index contributed by atoms with van der Waals surface area (Å²) in [4.78, 5) is 9.44. The van der Waals surface area contributed by atoms with E-state index in [0.29, 0.717) is 17.6 Å². The normalized spacial score (nSPS) is 14.4. The summed E-state index contributed by atoms with van der Waals surface area (Å²) in [6, 6.07) is 19.1. The third kappa shape index (κ3) is 10.0. The summed E-state index contributed by atoms with van der Waals surface area (Å²) in [6.45, 7) is 14.8. The van der Waals surface area contributed by atoms with Gasteiger partial charge in [-0.2, -0.15) is 0 Å². The van der Waals surface area contributed by atoms with Gasteiger partial charge in [0.2, 0.25) is 0 Å². The van der Waals surface area contributed by atoms with Gasteiger partial charge in [-0.3, -0.25) is 0 Å². The number of phenolic OH excluding ortho intramolecular Hbond substituents is 1. The molecule has 0 aromatic heterocycles. The number of benzene rings is 3. The number of ketones is 1. The zero-order chi connectivity index (χ0) is 29.4. The molecule has 1 aliphatic carbocycles. The van der Waals surface area contributed by atoms with E-state index in [0.717, 1.165) is 42.1 Å². The Morgan fingerprint density at radius 3 is 2.25 bits per heavy atom. The van der Waals surface area contributed by atoms with E-state index in [1.54, 1.807) is 0 Å². The summed E-state index contributed by atoms with van der Waals surface area (Å²) in [5.41, 5.74) is 9.06. The summed E-state index contributed by atoms with van der Waals surface area (Å²) in [5.74, 6) is 2.22. The third-order valence-corrected chi connectivity index (χ3v) is 9.13. The smallest absolute Gasteiger partial charge is 0.126 e. The average Bonchev–Trinajstić information content (AvgIpc) is 3.70. The molecule has 216 valence electrons. The number of phenols is 1. The van der Waals surface area contributed by atoms with Crippen LogP contribution in [0.25, 0.3) is 0 Å².